The number of nitrogens with one attached hydrogen (secondary N) is 2. The van der Waals surface area contributed by atoms with Crippen LogP contribution in [-0.2, 0) is 0 Å². The van der Waals surface area contributed by atoms with Crippen molar-refractivity contribution >= 4 is 46.6 Å². The number of hydrogen-bond acceptors (Lipinski definition) is 12. The van der Waals surface area contributed by atoms with E-state index in [0.29, 0.717) is 23.0 Å². The maximum Gasteiger partial charge on any atom is 0.248 e. The summed E-state index contributed by atoms with van der Waals surface area (Å²) < 4.78 is 1.42. The first-order chi connectivity index (χ1) is 11.8. The average molecular weight is 389 g/mol. The van der Waals surface area contributed by atoms with E-state index >= 15 is 0 Å². The molecular formula is C15H27N13. The van der Waals surface area contributed by atoms with Crippen molar-refractivity contribution in [2.75, 3.05) is 28.3 Å². The molecule has 3 aromatic rings. The minimum Gasteiger partial charge on any atom is -0.399 e. The van der Waals surface area contributed by atoms with Crippen molar-refractivity contribution in [3.63, 3.8) is 0 Å². The van der Waals surface area contributed by atoms with E-state index in [1.165, 1.54) is 4.40 Å². The molecule has 0 atom stereocenters. The van der Waals surface area contributed by atoms with Gasteiger partial charge >= 0.3 is 0 Å². The molecule has 2 aromatic heterocycles. The lowest BCUT2D eigenvalue weighted by Crippen LogP contribution is -2.30. The summed E-state index contributed by atoms with van der Waals surface area (Å²) in [6.07, 6.45) is 0. The van der Waals surface area contributed by atoms with E-state index in [1.54, 1.807) is 18.2 Å². The average Bonchev–Trinajstić information content (AvgIpc) is 2.44. The lowest BCUT2D eigenvalue weighted by molar-refractivity contribution is 0.862. The number of aromatic nitrogens is 5. The number of nitrogen functional groups attached to an aromatic ring is 4. The number of anilines is 5. The largest absolute Gasteiger partial charge is 0.399 e. The van der Waals surface area contributed by atoms with Crippen LogP contribution >= 0.6 is 0 Å². The first-order valence-corrected chi connectivity index (χ1v) is 6.83. The van der Waals surface area contributed by atoms with Gasteiger partial charge in [0.25, 0.3) is 0 Å². The minimum atomic E-state index is -0.211. The molecule has 0 fully saturated rings. The third-order valence-electron chi connectivity index (χ3n) is 2.92. The zero-order valence-electron chi connectivity index (χ0n) is 12.8. The maximum absolute atomic E-state index is 7.38. The van der Waals surface area contributed by atoms with Gasteiger partial charge < -0.3 is 28.7 Å². The van der Waals surface area contributed by atoms with E-state index in [-0.39, 0.29) is 51.5 Å². The molecule has 0 bridgehead atoms. The number of nitrogens with two attached hydrogens (primary N) is 5. The smallest absolute Gasteiger partial charge is 0.248 e. The second kappa shape index (κ2) is 8.98. The fourth-order valence-electron chi connectivity index (χ4n) is 2.07. The van der Waals surface area contributed by atoms with Gasteiger partial charge in [-0.1, -0.05) is 22.3 Å². The van der Waals surface area contributed by atoms with E-state index in [2.05, 4.69) is 30.2 Å². The maximum atomic E-state index is 7.38. The molecule has 1 aliphatic rings. The molecule has 4 rings (SSSR count). The fourth-order valence-corrected chi connectivity index (χ4v) is 2.07. The van der Waals surface area contributed by atoms with E-state index in [1.807, 2.05) is 0 Å². The highest BCUT2D eigenvalue weighted by Gasteiger charge is 2.16. The summed E-state index contributed by atoms with van der Waals surface area (Å²) in [6, 6.07) is 4.99. The number of rotatable bonds is 0. The molecule has 152 valence electrons. The lowest BCUT2D eigenvalue weighted by atomic mass is 10.2. The molecule has 1 aromatic carbocycles. The highest BCUT2D eigenvalue weighted by atomic mass is 15.4. The van der Waals surface area contributed by atoms with Crippen LogP contribution in [0.2, 0.25) is 0 Å². The molecule has 0 amide bonds. The molecule has 3 heterocycles. The number of hydrogen-bond donors (Lipinski definition) is 7. The molecule has 28 heavy (non-hydrogen) atoms. The molecule has 0 saturated carbocycles. The molecule has 13 nitrogen and oxygen atoms in total. The van der Waals surface area contributed by atoms with Crippen LogP contribution in [0.15, 0.2) is 23.2 Å². The van der Waals surface area contributed by atoms with Crippen molar-refractivity contribution in [3.8, 4) is 0 Å². The Morgan fingerprint density at radius 3 is 1.86 bits per heavy atom. The molecule has 13 heteroatoms. The van der Waals surface area contributed by atoms with Crippen molar-refractivity contribution in [1.82, 2.24) is 24.3 Å². The number of nitrogens with zero attached hydrogens (tertiary/aromatic N) is 6. The third kappa shape index (κ3) is 4.94. The zero-order valence-corrected chi connectivity index (χ0v) is 12.8. The Labute approximate surface area is 162 Å². The van der Waals surface area contributed by atoms with Gasteiger partial charge in [0.15, 0.2) is 0 Å². The Morgan fingerprint density at radius 1 is 0.786 bits per heavy atom. The molecule has 0 aliphatic carbocycles. The highest BCUT2D eigenvalue weighted by Crippen LogP contribution is 2.18. The first-order valence-electron chi connectivity index (χ1n) is 6.83. The summed E-state index contributed by atoms with van der Waals surface area (Å²) in [5, 5.41) is 10.1. The summed E-state index contributed by atoms with van der Waals surface area (Å²) in [6.45, 7) is 0. The van der Waals surface area contributed by atoms with Crippen molar-refractivity contribution < 1.29 is 0 Å². The Hall–Kier alpha value is -4.16. The molecule has 0 saturated heterocycles. The Balaban J connectivity index is 0.000000533. The number of benzene rings is 1. The van der Waals surface area contributed by atoms with Crippen LogP contribution in [0.1, 0.15) is 22.3 Å². The lowest BCUT2D eigenvalue weighted by Gasteiger charge is -2.14. The fraction of sp³-hybridized carbons (Fsp3) is 0.200. The van der Waals surface area contributed by atoms with Gasteiger partial charge in [0.1, 0.15) is 0 Å². The monoisotopic (exact) mass is 389 g/mol. The standard InChI is InChI=1S/C6H6N10.C6H9N3.3CH4/c7-1-10-4-12-2(8)14-6-15-3(9)13-5(11-1)16(4)6;7-4-1-5(8)3-6(9)2-4;;;/h(H6,7,8,9,10,11,12,13,14,15);1-3H,7-9H2;3*1H4. The third-order valence-corrected chi connectivity index (χ3v) is 2.92. The van der Waals surface area contributed by atoms with Crippen LogP contribution in [-0.4, -0.2) is 30.3 Å². The van der Waals surface area contributed by atoms with E-state index in [9.17, 15) is 0 Å². The molecular weight excluding hydrogens is 362 g/mol. The molecule has 0 radical (unpaired) electrons. The summed E-state index contributed by atoms with van der Waals surface area (Å²) in [4.78, 5) is 19.3. The molecule has 12 N–H and O–H groups in total. The summed E-state index contributed by atoms with van der Waals surface area (Å²) >= 11 is 0. The van der Waals surface area contributed by atoms with Crippen LogP contribution in [0.4, 0.5) is 34.9 Å². The molecule has 1 aliphatic heterocycles. The number of aliphatic imine (C=N–C) groups is 1. The van der Waals surface area contributed by atoms with Crippen molar-refractivity contribution in [2.45, 2.75) is 22.3 Å². The predicted octanol–water partition coefficient (Wildman–Crippen LogP) is 0.294. The van der Waals surface area contributed by atoms with E-state index in [0.717, 1.165) is 0 Å². The van der Waals surface area contributed by atoms with Crippen LogP contribution in [0.3, 0.4) is 0 Å². The quantitative estimate of drug-likeness (QED) is 0.259. The summed E-state index contributed by atoms with van der Waals surface area (Å²) in [7, 11) is 0. The Morgan fingerprint density at radius 2 is 1.32 bits per heavy atom. The normalized spacial score (nSPS) is 10.6. The highest BCUT2D eigenvalue weighted by molar-refractivity contribution is 5.94. The van der Waals surface area contributed by atoms with Crippen LogP contribution < -0.4 is 39.6 Å². The second-order valence-corrected chi connectivity index (χ2v) is 4.94. The van der Waals surface area contributed by atoms with Crippen LogP contribution in [0.5, 0.6) is 0 Å². The van der Waals surface area contributed by atoms with Gasteiger partial charge in [0.2, 0.25) is 35.2 Å². The van der Waals surface area contributed by atoms with Gasteiger partial charge in [-0.25, -0.2) is 4.40 Å². The van der Waals surface area contributed by atoms with Gasteiger partial charge in [-0.3, -0.25) is 10.7 Å². The van der Waals surface area contributed by atoms with Gasteiger partial charge in [-0.05, 0) is 18.2 Å². The first kappa shape index (κ1) is 23.8. The van der Waals surface area contributed by atoms with Crippen molar-refractivity contribution in [1.29, 1.82) is 5.41 Å². The summed E-state index contributed by atoms with van der Waals surface area (Å²) in [5.41, 5.74) is 28.8. The van der Waals surface area contributed by atoms with E-state index < -0.39 is 0 Å². The summed E-state index contributed by atoms with van der Waals surface area (Å²) in [5.74, 6) is 0.867. The van der Waals surface area contributed by atoms with Gasteiger partial charge in [0, 0.05) is 17.1 Å². The minimum absolute atomic E-state index is 0. The Bertz CT molecular complexity index is 1000. The van der Waals surface area contributed by atoms with Crippen LogP contribution in [0.25, 0.3) is 5.78 Å². The van der Waals surface area contributed by atoms with E-state index in [4.69, 9.17) is 34.1 Å². The Kier molecular flexibility index (Phi) is 7.64. The van der Waals surface area contributed by atoms with Crippen molar-refractivity contribution in [3.05, 3.63) is 23.8 Å². The van der Waals surface area contributed by atoms with Crippen LogP contribution in [0, 0.1) is 5.41 Å². The van der Waals surface area contributed by atoms with Crippen molar-refractivity contribution in [2.24, 2.45) is 10.7 Å². The number of guanidine groups is 1. The molecule has 0 spiro atoms. The second-order valence-electron chi connectivity index (χ2n) is 4.94. The van der Waals surface area contributed by atoms with Gasteiger partial charge in [-0.15, -0.1) is 0 Å². The van der Waals surface area contributed by atoms with Gasteiger partial charge in [0.05, 0.1) is 0 Å². The SMILES string of the molecule is C.C.C.N=c1nc2n3c(nc(N)nc3n1)NC(N)=N2.Nc1cc(N)cc(N)c1. The zero-order chi connectivity index (χ0) is 18.1. The molecule has 0 unspecified atom stereocenters. The van der Waals surface area contributed by atoms with Gasteiger partial charge in [-0.2, -0.15) is 24.9 Å². The predicted molar refractivity (Wildman–Crippen MR) is 114 cm³/mol. The topological polar surface area (TPSA) is 234 Å².